The summed E-state index contributed by atoms with van der Waals surface area (Å²) in [5.74, 6) is 1.83. The van der Waals surface area contributed by atoms with Gasteiger partial charge in [-0.05, 0) is 43.7 Å². The predicted molar refractivity (Wildman–Crippen MR) is 110 cm³/mol. The van der Waals surface area contributed by atoms with Crippen molar-refractivity contribution in [2.24, 2.45) is 0 Å². The molecule has 0 amide bonds. The summed E-state index contributed by atoms with van der Waals surface area (Å²) < 4.78 is 17.2. The van der Waals surface area contributed by atoms with E-state index in [1.165, 1.54) is 5.56 Å². The van der Waals surface area contributed by atoms with Crippen molar-refractivity contribution in [3.63, 3.8) is 0 Å². The SMILES string of the molecule is CCOc1cc(C2NC(C(=O)O)CS2)ccc1OCCOc1ccc(C)cc1. The molecular weight excluding hydrogens is 378 g/mol. The van der Waals surface area contributed by atoms with E-state index in [9.17, 15) is 4.79 Å². The van der Waals surface area contributed by atoms with Crippen molar-refractivity contribution in [1.82, 2.24) is 5.32 Å². The lowest BCUT2D eigenvalue weighted by molar-refractivity contribution is -0.138. The second-order valence-corrected chi connectivity index (χ2v) is 7.56. The highest BCUT2D eigenvalue weighted by Gasteiger charge is 2.30. The first-order chi connectivity index (χ1) is 13.6. The van der Waals surface area contributed by atoms with Gasteiger partial charge in [-0.15, -0.1) is 11.8 Å². The summed E-state index contributed by atoms with van der Waals surface area (Å²) in [6.45, 7) is 5.29. The first kappa shape index (κ1) is 20.4. The van der Waals surface area contributed by atoms with Crippen LogP contribution in [0.15, 0.2) is 42.5 Å². The number of ether oxygens (including phenoxy) is 3. The maximum Gasteiger partial charge on any atom is 0.321 e. The van der Waals surface area contributed by atoms with Gasteiger partial charge in [-0.1, -0.05) is 23.8 Å². The van der Waals surface area contributed by atoms with Gasteiger partial charge in [0.2, 0.25) is 0 Å². The zero-order valence-corrected chi connectivity index (χ0v) is 16.8. The van der Waals surface area contributed by atoms with Crippen LogP contribution in [0.1, 0.15) is 23.4 Å². The number of aliphatic carboxylic acids is 1. The molecule has 0 aromatic heterocycles. The third-order valence-corrected chi connectivity index (χ3v) is 5.55. The maximum absolute atomic E-state index is 11.1. The Kier molecular flexibility index (Phi) is 7.06. The van der Waals surface area contributed by atoms with Crippen LogP contribution in [-0.4, -0.2) is 42.7 Å². The van der Waals surface area contributed by atoms with Crippen LogP contribution in [0.4, 0.5) is 0 Å². The van der Waals surface area contributed by atoms with Crippen molar-refractivity contribution < 1.29 is 24.1 Å². The molecule has 1 fully saturated rings. The van der Waals surface area contributed by atoms with Crippen LogP contribution in [0.25, 0.3) is 0 Å². The molecule has 1 aliphatic rings. The largest absolute Gasteiger partial charge is 0.490 e. The van der Waals surface area contributed by atoms with Crippen molar-refractivity contribution in [3.05, 3.63) is 53.6 Å². The number of benzene rings is 2. The zero-order valence-electron chi connectivity index (χ0n) is 16.0. The minimum atomic E-state index is -0.825. The van der Waals surface area contributed by atoms with Crippen molar-refractivity contribution >= 4 is 17.7 Å². The molecule has 6 nitrogen and oxygen atoms in total. The Morgan fingerprint density at radius 3 is 2.54 bits per heavy atom. The van der Waals surface area contributed by atoms with E-state index >= 15 is 0 Å². The molecule has 0 saturated carbocycles. The Hall–Kier alpha value is -2.38. The topological polar surface area (TPSA) is 77.0 Å². The highest BCUT2D eigenvalue weighted by molar-refractivity contribution is 7.99. The van der Waals surface area contributed by atoms with Gasteiger partial charge in [0.05, 0.1) is 12.0 Å². The lowest BCUT2D eigenvalue weighted by Gasteiger charge is -2.16. The third-order valence-electron chi connectivity index (χ3n) is 4.28. The molecule has 2 aromatic carbocycles. The van der Waals surface area contributed by atoms with E-state index < -0.39 is 12.0 Å². The van der Waals surface area contributed by atoms with E-state index in [2.05, 4.69) is 5.32 Å². The van der Waals surface area contributed by atoms with Gasteiger partial charge < -0.3 is 19.3 Å². The molecule has 1 saturated heterocycles. The quantitative estimate of drug-likeness (QED) is 0.619. The van der Waals surface area contributed by atoms with Crippen molar-refractivity contribution in [2.45, 2.75) is 25.3 Å². The monoisotopic (exact) mass is 403 g/mol. The number of aryl methyl sites for hydroxylation is 1. The highest BCUT2D eigenvalue weighted by Crippen LogP contribution is 2.37. The number of carboxylic acid groups (broad SMARTS) is 1. The Balaban J connectivity index is 1.58. The van der Waals surface area contributed by atoms with E-state index in [1.807, 2.05) is 56.3 Å². The molecule has 28 heavy (non-hydrogen) atoms. The first-order valence-electron chi connectivity index (χ1n) is 9.26. The van der Waals surface area contributed by atoms with Gasteiger partial charge >= 0.3 is 5.97 Å². The first-order valence-corrected chi connectivity index (χ1v) is 10.3. The molecule has 150 valence electrons. The Bertz CT molecular complexity index is 796. The number of rotatable bonds is 9. The molecule has 0 spiro atoms. The summed E-state index contributed by atoms with van der Waals surface area (Å²) in [5.41, 5.74) is 2.16. The molecule has 7 heteroatoms. The fourth-order valence-corrected chi connectivity index (χ4v) is 4.05. The lowest BCUT2D eigenvalue weighted by atomic mass is 10.2. The van der Waals surface area contributed by atoms with Crippen LogP contribution in [0.3, 0.4) is 0 Å². The summed E-state index contributed by atoms with van der Waals surface area (Å²) in [6.07, 6.45) is 0. The zero-order chi connectivity index (χ0) is 19.9. The average molecular weight is 404 g/mol. The van der Waals surface area contributed by atoms with Crippen LogP contribution in [0.2, 0.25) is 0 Å². The van der Waals surface area contributed by atoms with Gasteiger partial charge in [0.25, 0.3) is 0 Å². The van der Waals surface area contributed by atoms with Gasteiger partial charge in [0.15, 0.2) is 11.5 Å². The molecule has 0 radical (unpaired) electrons. The van der Waals surface area contributed by atoms with Gasteiger partial charge in [0.1, 0.15) is 25.0 Å². The van der Waals surface area contributed by atoms with Crippen molar-refractivity contribution in [2.75, 3.05) is 25.6 Å². The number of carboxylic acids is 1. The van der Waals surface area contributed by atoms with E-state index in [0.29, 0.717) is 37.1 Å². The second kappa shape index (κ2) is 9.71. The molecule has 2 N–H and O–H groups in total. The van der Waals surface area contributed by atoms with Crippen LogP contribution < -0.4 is 19.5 Å². The number of hydrogen-bond acceptors (Lipinski definition) is 6. The molecule has 2 unspecified atom stereocenters. The van der Waals surface area contributed by atoms with E-state index in [4.69, 9.17) is 19.3 Å². The predicted octanol–water partition coefficient (Wildman–Crippen LogP) is 3.64. The smallest absolute Gasteiger partial charge is 0.321 e. The molecular formula is C21H25NO5S. The van der Waals surface area contributed by atoms with Gasteiger partial charge in [-0.2, -0.15) is 0 Å². The van der Waals surface area contributed by atoms with Crippen LogP contribution in [0, 0.1) is 6.92 Å². The number of hydrogen-bond donors (Lipinski definition) is 2. The molecule has 1 heterocycles. The standard InChI is InChI=1S/C21H25NO5S/c1-3-25-19-12-15(20-22-17(13-28-20)21(23)24)6-9-18(19)27-11-10-26-16-7-4-14(2)5-8-16/h4-9,12,17,20,22H,3,10-11,13H2,1-2H3,(H,23,24). The number of nitrogens with one attached hydrogen (secondary N) is 1. The Morgan fingerprint density at radius 2 is 1.86 bits per heavy atom. The summed E-state index contributed by atoms with van der Waals surface area (Å²) in [7, 11) is 0. The average Bonchev–Trinajstić information content (AvgIpc) is 3.18. The van der Waals surface area contributed by atoms with Crippen LogP contribution in [-0.2, 0) is 4.79 Å². The summed E-state index contributed by atoms with van der Waals surface area (Å²) in [5, 5.41) is 12.2. The van der Waals surface area contributed by atoms with Crippen LogP contribution >= 0.6 is 11.8 Å². The Morgan fingerprint density at radius 1 is 1.11 bits per heavy atom. The maximum atomic E-state index is 11.1. The molecule has 0 aliphatic carbocycles. The van der Waals surface area contributed by atoms with Crippen molar-refractivity contribution in [3.8, 4) is 17.2 Å². The molecule has 0 bridgehead atoms. The second-order valence-electron chi connectivity index (χ2n) is 6.42. The van der Waals surface area contributed by atoms with Crippen LogP contribution in [0.5, 0.6) is 17.2 Å². The van der Waals surface area contributed by atoms with Crippen molar-refractivity contribution in [1.29, 1.82) is 0 Å². The molecule has 3 rings (SSSR count). The Labute approximate surface area is 169 Å². The number of thioether (sulfide) groups is 1. The number of carbonyl (C=O) groups is 1. The van der Waals surface area contributed by atoms with Gasteiger partial charge in [0, 0.05) is 5.75 Å². The van der Waals surface area contributed by atoms with E-state index in [1.54, 1.807) is 11.8 Å². The van der Waals surface area contributed by atoms with Gasteiger partial charge in [-0.25, -0.2) is 0 Å². The molecule has 2 aromatic rings. The summed E-state index contributed by atoms with van der Waals surface area (Å²) in [6, 6.07) is 13.1. The fraction of sp³-hybridized carbons (Fsp3) is 0.381. The minimum absolute atomic E-state index is 0.0702. The normalized spacial score (nSPS) is 18.6. The minimum Gasteiger partial charge on any atom is -0.490 e. The third kappa shape index (κ3) is 5.33. The summed E-state index contributed by atoms with van der Waals surface area (Å²) in [4.78, 5) is 11.1. The lowest BCUT2D eigenvalue weighted by Crippen LogP contribution is -2.33. The molecule has 1 aliphatic heterocycles. The summed E-state index contributed by atoms with van der Waals surface area (Å²) >= 11 is 1.58. The van der Waals surface area contributed by atoms with E-state index in [-0.39, 0.29) is 5.37 Å². The highest BCUT2D eigenvalue weighted by atomic mass is 32.2. The van der Waals surface area contributed by atoms with Gasteiger partial charge in [-0.3, -0.25) is 10.1 Å². The molecule has 2 atom stereocenters. The van der Waals surface area contributed by atoms with E-state index in [0.717, 1.165) is 11.3 Å². The fourth-order valence-electron chi connectivity index (χ4n) is 2.83.